The molecular weight excluding hydrogens is 479 g/mol. The summed E-state index contributed by atoms with van der Waals surface area (Å²) in [5.41, 5.74) is 12.4. The van der Waals surface area contributed by atoms with E-state index in [1.165, 1.54) is 6.07 Å². The van der Waals surface area contributed by atoms with Crippen molar-refractivity contribution >= 4 is 11.9 Å². The van der Waals surface area contributed by atoms with Gasteiger partial charge in [-0.2, -0.15) is 5.26 Å². The molecule has 0 spiro atoms. The predicted molar refractivity (Wildman–Crippen MR) is 132 cm³/mol. The van der Waals surface area contributed by atoms with Crippen LogP contribution < -0.4 is 16.8 Å². The standard InChI is InChI=1S/C24H20FN7O.CH3NO2/c25-17-4-2-1-3-16(17)18-12-20(33-32-18)22-23(27)30-13-19(31-22)15-5-8-29-21(11-15)24(14-26)6-9-28-10-7-24;2-1(3)4/h1-5,8,11-13,28H,6-7,9-10H2,(H2,27,30);2H2,(H,3,4). The molecule has 11 nitrogen and oxygen atoms in total. The van der Waals surface area contributed by atoms with Gasteiger partial charge in [0.15, 0.2) is 17.3 Å². The highest BCUT2D eigenvalue weighted by atomic mass is 19.1. The van der Waals surface area contributed by atoms with Crippen molar-refractivity contribution in [2.45, 2.75) is 18.3 Å². The monoisotopic (exact) mass is 502 g/mol. The van der Waals surface area contributed by atoms with E-state index < -0.39 is 17.3 Å². The van der Waals surface area contributed by atoms with Crippen LogP contribution in [0.4, 0.5) is 15.0 Å². The number of piperidine rings is 1. The van der Waals surface area contributed by atoms with Crippen LogP contribution in [0.2, 0.25) is 0 Å². The van der Waals surface area contributed by atoms with Gasteiger partial charge in [-0.25, -0.2) is 19.2 Å². The molecule has 0 aliphatic carbocycles. The maximum absolute atomic E-state index is 14.1. The topological polar surface area (TPSA) is 190 Å². The number of nitrogens with two attached hydrogens (primary N) is 2. The number of primary amides is 1. The Labute approximate surface area is 211 Å². The van der Waals surface area contributed by atoms with Crippen LogP contribution in [0.3, 0.4) is 0 Å². The first kappa shape index (κ1) is 25.2. The van der Waals surface area contributed by atoms with E-state index in [-0.39, 0.29) is 11.6 Å². The summed E-state index contributed by atoms with van der Waals surface area (Å²) in [5.74, 6) is 0.0381. The van der Waals surface area contributed by atoms with E-state index in [4.69, 9.17) is 20.2 Å². The Hall–Kier alpha value is -4.89. The summed E-state index contributed by atoms with van der Waals surface area (Å²) in [5, 5.41) is 24.3. The molecule has 1 saturated heterocycles. The van der Waals surface area contributed by atoms with Crippen molar-refractivity contribution in [1.82, 2.24) is 25.4 Å². The normalized spacial score (nSPS) is 14.2. The SMILES string of the molecule is N#CC1(c2cc(-c3cnc(N)c(-c4cc(-c5ccccc5F)no4)n3)ccn2)CCNCC1.NC(=O)O. The van der Waals surface area contributed by atoms with Crippen molar-refractivity contribution in [3.63, 3.8) is 0 Å². The molecule has 0 radical (unpaired) electrons. The number of rotatable bonds is 4. The van der Waals surface area contributed by atoms with Crippen LogP contribution in [0.1, 0.15) is 18.5 Å². The van der Waals surface area contributed by atoms with E-state index >= 15 is 0 Å². The van der Waals surface area contributed by atoms with Gasteiger partial charge < -0.3 is 26.4 Å². The highest BCUT2D eigenvalue weighted by Crippen LogP contribution is 2.34. The van der Waals surface area contributed by atoms with Gasteiger partial charge in [-0.15, -0.1) is 0 Å². The molecule has 37 heavy (non-hydrogen) atoms. The molecule has 3 aromatic heterocycles. The number of nitrogen functional groups attached to an aromatic ring is 1. The van der Waals surface area contributed by atoms with Crippen LogP contribution in [0.5, 0.6) is 0 Å². The Bertz CT molecular complexity index is 1460. The van der Waals surface area contributed by atoms with Crippen LogP contribution in [-0.2, 0) is 5.41 Å². The minimum Gasteiger partial charge on any atom is -0.465 e. The Morgan fingerprint density at radius 1 is 1.16 bits per heavy atom. The van der Waals surface area contributed by atoms with Gasteiger partial charge in [0, 0.05) is 23.4 Å². The molecule has 188 valence electrons. The van der Waals surface area contributed by atoms with Gasteiger partial charge in [-0.1, -0.05) is 17.3 Å². The van der Waals surface area contributed by atoms with Gasteiger partial charge in [-0.05, 0) is 50.2 Å². The molecule has 1 amide bonds. The van der Waals surface area contributed by atoms with Crippen LogP contribution >= 0.6 is 0 Å². The highest BCUT2D eigenvalue weighted by molar-refractivity contribution is 5.73. The average Bonchev–Trinajstić information content (AvgIpc) is 3.39. The number of amides is 1. The number of nitriles is 1. The molecule has 0 bridgehead atoms. The zero-order chi connectivity index (χ0) is 26.4. The molecule has 4 aromatic rings. The van der Waals surface area contributed by atoms with Gasteiger partial charge in [0.2, 0.25) is 0 Å². The van der Waals surface area contributed by atoms with Crippen molar-refractivity contribution in [2.24, 2.45) is 5.73 Å². The summed E-state index contributed by atoms with van der Waals surface area (Å²) in [6.07, 6.45) is 3.28. The Morgan fingerprint density at radius 2 is 1.89 bits per heavy atom. The molecule has 0 atom stereocenters. The van der Waals surface area contributed by atoms with Crippen molar-refractivity contribution in [1.29, 1.82) is 5.26 Å². The lowest BCUT2D eigenvalue weighted by molar-refractivity contribution is 0.205. The fourth-order valence-corrected chi connectivity index (χ4v) is 4.03. The number of hydrogen-bond acceptors (Lipinski definition) is 9. The average molecular weight is 503 g/mol. The van der Waals surface area contributed by atoms with E-state index in [0.717, 1.165) is 18.7 Å². The zero-order valence-corrected chi connectivity index (χ0v) is 19.6. The van der Waals surface area contributed by atoms with E-state index in [0.29, 0.717) is 41.2 Å². The predicted octanol–water partition coefficient (Wildman–Crippen LogP) is 3.35. The molecule has 1 aliphatic rings. The number of carboxylic acid groups (broad SMARTS) is 1. The van der Waals surface area contributed by atoms with Gasteiger partial charge in [-0.3, -0.25) is 4.98 Å². The number of aromatic nitrogens is 4. The summed E-state index contributed by atoms with van der Waals surface area (Å²) < 4.78 is 19.6. The van der Waals surface area contributed by atoms with E-state index in [2.05, 4.69) is 37.2 Å². The van der Waals surface area contributed by atoms with Gasteiger partial charge in [0.1, 0.15) is 16.9 Å². The third kappa shape index (κ3) is 5.52. The van der Waals surface area contributed by atoms with Crippen LogP contribution in [0.15, 0.2) is 59.4 Å². The third-order valence-electron chi connectivity index (χ3n) is 5.91. The minimum absolute atomic E-state index is 0.163. The number of hydrogen-bond donors (Lipinski definition) is 4. The molecule has 1 aromatic carbocycles. The maximum Gasteiger partial charge on any atom is 0.402 e. The Balaban J connectivity index is 0.000000747. The summed E-state index contributed by atoms with van der Waals surface area (Å²) in [4.78, 5) is 22.2. The number of halogens is 1. The van der Waals surface area contributed by atoms with Gasteiger partial charge in [0.05, 0.1) is 23.7 Å². The van der Waals surface area contributed by atoms with Crippen molar-refractivity contribution in [3.05, 3.63) is 66.4 Å². The largest absolute Gasteiger partial charge is 0.465 e. The van der Waals surface area contributed by atoms with Gasteiger partial charge in [0.25, 0.3) is 0 Å². The summed E-state index contributed by atoms with van der Waals surface area (Å²) in [6, 6.07) is 14.0. The minimum atomic E-state index is -1.33. The van der Waals surface area contributed by atoms with Crippen molar-refractivity contribution < 1.29 is 18.8 Å². The maximum atomic E-state index is 14.1. The second-order valence-electron chi connectivity index (χ2n) is 8.26. The smallest absolute Gasteiger partial charge is 0.402 e. The highest BCUT2D eigenvalue weighted by Gasteiger charge is 2.35. The first-order valence-electron chi connectivity index (χ1n) is 11.2. The fraction of sp³-hybridized carbons (Fsp3) is 0.200. The summed E-state index contributed by atoms with van der Waals surface area (Å²) >= 11 is 0. The second kappa shape index (κ2) is 10.8. The van der Waals surface area contributed by atoms with Crippen LogP contribution in [0.25, 0.3) is 34.0 Å². The third-order valence-corrected chi connectivity index (χ3v) is 5.91. The Kier molecular flexibility index (Phi) is 7.36. The molecule has 0 saturated carbocycles. The Morgan fingerprint density at radius 3 is 2.59 bits per heavy atom. The molecular formula is C25H23FN8O3. The number of nitrogens with one attached hydrogen (secondary N) is 1. The lowest BCUT2D eigenvalue weighted by atomic mass is 9.77. The number of carbonyl (C=O) groups is 1. The molecule has 4 heterocycles. The van der Waals surface area contributed by atoms with Crippen LogP contribution in [-0.4, -0.2) is 44.4 Å². The number of nitrogens with zero attached hydrogens (tertiary/aromatic N) is 5. The first-order chi connectivity index (χ1) is 17.8. The van der Waals surface area contributed by atoms with E-state index in [9.17, 15) is 9.65 Å². The quantitative estimate of drug-likeness (QED) is 0.322. The van der Waals surface area contributed by atoms with E-state index in [1.54, 1.807) is 36.7 Å². The number of benzene rings is 1. The molecule has 12 heteroatoms. The van der Waals surface area contributed by atoms with E-state index in [1.807, 2.05) is 12.1 Å². The van der Waals surface area contributed by atoms with Crippen LogP contribution in [0, 0.1) is 17.1 Å². The molecule has 5 rings (SSSR count). The molecule has 1 aliphatic heterocycles. The second-order valence-corrected chi connectivity index (χ2v) is 8.26. The fourth-order valence-electron chi connectivity index (χ4n) is 4.03. The van der Waals surface area contributed by atoms with Crippen molar-refractivity contribution in [3.8, 4) is 40.0 Å². The lowest BCUT2D eigenvalue weighted by Gasteiger charge is -2.30. The number of pyridine rings is 1. The molecule has 6 N–H and O–H groups in total. The lowest BCUT2D eigenvalue weighted by Crippen LogP contribution is -2.39. The van der Waals surface area contributed by atoms with Gasteiger partial charge >= 0.3 is 6.09 Å². The number of anilines is 1. The summed E-state index contributed by atoms with van der Waals surface area (Å²) in [6.45, 7) is 1.53. The first-order valence-corrected chi connectivity index (χ1v) is 11.2. The summed E-state index contributed by atoms with van der Waals surface area (Å²) in [7, 11) is 0. The molecule has 0 unspecified atom stereocenters. The van der Waals surface area contributed by atoms with Crippen molar-refractivity contribution in [2.75, 3.05) is 18.8 Å². The molecule has 1 fully saturated rings. The zero-order valence-electron chi connectivity index (χ0n) is 19.6.